The van der Waals surface area contributed by atoms with Gasteiger partial charge in [0.05, 0.1) is 11.5 Å². The van der Waals surface area contributed by atoms with Gasteiger partial charge in [-0.15, -0.1) is 0 Å². The summed E-state index contributed by atoms with van der Waals surface area (Å²) in [6.07, 6.45) is -2.79. The van der Waals surface area contributed by atoms with Crippen molar-refractivity contribution in [1.29, 1.82) is 0 Å². The van der Waals surface area contributed by atoms with Gasteiger partial charge in [-0.1, -0.05) is 18.2 Å². The molecule has 0 aliphatic carbocycles. The van der Waals surface area contributed by atoms with Crippen LogP contribution in [0, 0.1) is 6.92 Å². The third-order valence-corrected chi connectivity index (χ3v) is 7.39. The Morgan fingerprint density at radius 3 is 2.62 bits per heavy atom. The van der Waals surface area contributed by atoms with Crippen molar-refractivity contribution in [3.05, 3.63) is 42.5 Å². The van der Waals surface area contributed by atoms with Gasteiger partial charge in [0.15, 0.2) is 11.5 Å². The molecule has 0 spiro atoms. The third kappa shape index (κ3) is 2.57. The molecule has 4 rings (SSSR count). The van der Waals surface area contributed by atoms with E-state index in [-0.39, 0.29) is 21.9 Å². The van der Waals surface area contributed by atoms with Crippen molar-refractivity contribution in [2.75, 3.05) is 12.3 Å². The van der Waals surface area contributed by atoms with Gasteiger partial charge in [0.1, 0.15) is 36.5 Å². The quantitative estimate of drug-likeness (QED) is 0.405. The highest BCUT2D eigenvalue weighted by molar-refractivity contribution is 7.92. The first-order valence-electron chi connectivity index (χ1n) is 8.64. The molecule has 11 nitrogen and oxygen atoms in total. The van der Waals surface area contributed by atoms with E-state index < -0.39 is 39.8 Å². The number of hydrogen-bond acceptors (Lipinski definition) is 10. The first-order chi connectivity index (χ1) is 13.8. The van der Waals surface area contributed by atoms with Crippen molar-refractivity contribution in [2.45, 2.75) is 35.2 Å². The second-order valence-electron chi connectivity index (χ2n) is 6.72. The van der Waals surface area contributed by atoms with E-state index in [1.54, 1.807) is 19.1 Å². The molecule has 4 atom stereocenters. The molecule has 5 N–H and O–H groups in total. The minimum Gasteiger partial charge on any atom is -0.394 e. The highest BCUT2D eigenvalue weighted by Crippen LogP contribution is 2.45. The summed E-state index contributed by atoms with van der Waals surface area (Å²) in [5, 5.41) is 28.3. The molecule has 0 bridgehead atoms. The number of hydrogen-bond donors (Lipinski definition) is 4. The van der Waals surface area contributed by atoms with Gasteiger partial charge in [-0.2, -0.15) is 0 Å². The van der Waals surface area contributed by atoms with Gasteiger partial charge in [-0.05, 0) is 18.6 Å². The Bertz CT molecular complexity index is 1180. The number of nitrogen functional groups attached to an aromatic ring is 1. The molecule has 3 heterocycles. The van der Waals surface area contributed by atoms with Crippen LogP contribution < -0.4 is 5.73 Å². The van der Waals surface area contributed by atoms with Gasteiger partial charge >= 0.3 is 0 Å². The zero-order chi connectivity index (χ0) is 21.0. The van der Waals surface area contributed by atoms with Gasteiger partial charge in [-0.3, -0.25) is 4.57 Å². The Hall–Kier alpha value is -2.64. The molecule has 0 radical (unpaired) electrons. The van der Waals surface area contributed by atoms with Gasteiger partial charge in [0.2, 0.25) is 9.84 Å². The first-order valence-corrected chi connectivity index (χ1v) is 10.1. The number of aromatic nitrogens is 4. The molecule has 1 aliphatic rings. The smallest absolute Gasteiger partial charge is 0.286 e. The van der Waals surface area contributed by atoms with Crippen molar-refractivity contribution in [3.8, 4) is 0 Å². The summed E-state index contributed by atoms with van der Waals surface area (Å²) in [6.45, 7) is 0.876. The predicted molar refractivity (Wildman–Crippen MR) is 100 cm³/mol. The standard InChI is InChI=1S/C17H19N5O6S/c1-9-4-2-3-5-11(9)29(26,27)17(14(25)13(24)10(6-23)28-17)22-8-21-12-15(18)19-7-20-16(12)22/h2-5,7-8,10,13-14,23-25H,6H2,1H3,(H2,18,19,20)/t10-,13-,14-,17+/m1/s1. The number of fused-ring (bicyclic) bond motifs is 1. The number of nitrogens with zero attached hydrogens (tertiary/aromatic N) is 4. The van der Waals surface area contributed by atoms with Crippen LogP contribution in [0.2, 0.25) is 0 Å². The lowest BCUT2D eigenvalue weighted by molar-refractivity contribution is -0.0842. The molecule has 1 aromatic carbocycles. The summed E-state index contributed by atoms with van der Waals surface area (Å²) in [6, 6.07) is 6.15. The minimum atomic E-state index is -4.50. The maximum absolute atomic E-state index is 13.8. The highest BCUT2D eigenvalue weighted by Gasteiger charge is 2.64. The maximum Gasteiger partial charge on any atom is 0.286 e. The second kappa shape index (κ2) is 6.71. The zero-order valence-corrected chi connectivity index (χ0v) is 16.1. The van der Waals surface area contributed by atoms with Crippen LogP contribution in [-0.2, 0) is 19.6 Å². The molecular weight excluding hydrogens is 402 g/mol. The number of imidazole rings is 1. The maximum atomic E-state index is 13.8. The van der Waals surface area contributed by atoms with Crippen LogP contribution in [0.1, 0.15) is 5.56 Å². The van der Waals surface area contributed by atoms with E-state index in [1.807, 2.05) is 0 Å². The predicted octanol–water partition coefficient (Wildman–Crippen LogP) is -1.09. The summed E-state index contributed by atoms with van der Waals surface area (Å²) in [4.78, 5) is 11.8. The van der Waals surface area contributed by atoms with Crippen molar-refractivity contribution in [1.82, 2.24) is 19.5 Å². The lowest BCUT2D eigenvalue weighted by atomic mass is 10.1. The summed E-state index contributed by atoms with van der Waals surface area (Å²) in [5.41, 5.74) is 6.29. The van der Waals surface area contributed by atoms with Crippen LogP contribution >= 0.6 is 0 Å². The lowest BCUT2D eigenvalue weighted by Gasteiger charge is -2.33. The Labute approximate surface area is 165 Å². The van der Waals surface area contributed by atoms with Crippen LogP contribution in [-0.4, -0.2) is 68.2 Å². The number of aliphatic hydroxyl groups excluding tert-OH is 3. The van der Waals surface area contributed by atoms with Gasteiger partial charge in [0.25, 0.3) is 5.06 Å². The largest absolute Gasteiger partial charge is 0.394 e. The van der Waals surface area contributed by atoms with Crippen molar-refractivity contribution < 1.29 is 28.5 Å². The summed E-state index contributed by atoms with van der Waals surface area (Å²) in [5.74, 6) is 0.00364. The molecular formula is C17H19N5O6S. The molecule has 1 fully saturated rings. The molecule has 3 aromatic rings. The zero-order valence-electron chi connectivity index (χ0n) is 15.2. The van der Waals surface area contributed by atoms with E-state index in [9.17, 15) is 23.7 Å². The molecule has 1 saturated heterocycles. The summed E-state index contributed by atoms with van der Waals surface area (Å²) in [7, 11) is -4.50. The average Bonchev–Trinajstić information content (AvgIpc) is 3.24. The number of sulfone groups is 1. The fraction of sp³-hybridized carbons (Fsp3) is 0.353. The molecule has 0 amide bonds. The number of rotatable bonds is 4. The monoisotopic (exact) mass is 421 g/mol. The number of nitrogens with two attached hydrogens (primary N) is 1. The summed E-state index contributed by atoms with van der Waals surface area (Å²) < 4.78 is 34.3. The van der Waals surface area contributed by atoms with E-state index in [0.717, 1.165) is 17.2 Å². The van der Waals surface area contributed by atoms with Crippen molar-refractivity contribution in [3.63, 3.8) is 0 Å². The average molecular weight is 421 g/mol. The fourth-order valence-corrected chi connectivity index (χ4v) is 5.73. The number of ether oxygens (including phenoxy) is 1. The highest BCUT2D eigenvalue weighted by atomic mass is 32.2. The topological polar surface area (TPSA) is 174 Å². The van der Waals surface area contributed by atoms with Gasteiger partial charge in [0, 0.05) is 0 Å². The first kappa shape index (κ1) is 19.7. The van der Waals surface area contributed by atoms with Crippen molar-refractivity contribution in [2.24, 2.45) is 0 Å². The molecule has 29 heavy (non-hydrogen) atoms. The summed E-state index contributed by atoms with van der Waals surface area (Å²) >= 11 is 0. The van der Waals surface area contributed by atoms with Crippen LogP contribution in [0.3, 0.4) is 0 Å². The number of anilines is 1. The van der Waals surface area contributed by atoms with E-state index in [4.69, 9.17) is 10.5 Å². The van der Waals surface area contributed by atoms with E-state index >= 15 is 0 Å². The Balaban J connectivity index is 2.07. The fourth-order valence-electron chi connectivity index (χ4n) is 3.57. The van der Waals surface area contributed by atoms with Crippen LogP contribution in [0.4, 0.5) is 5.82 Å². The number of aryl methyl sites for hydroxylation is 1. The van der Waals surface area contributed by atoms with Crippen LogP contribution in [0.25, 0.3) is 11.2 Å². The molecule has 2 aromatic heterocycles. The molecule has 0 saturated carbocycles. The van der Waals surface area contributed by atoms with Crippen molar-refractivity contribution >= 4 is 26.8 Å². The number of aliphatic hydroxyl groups is 3. The van der Waals surface area contributed by atoms with E-state index in [2.05, 4.69) is 15.0 Å². The second-order valence-corrected chi connectivity index (χ2v) is 8.75. The SMILES string of the molecule is Cc1ccccc1S(=O)(=O)[C@@]1(n2cnc3c(N)ncnc32)O[C@H](CO)[C@@H](O)[C@H]1O. The van der Waals surface area contributed by atoms with E-state index in [1.165, 1.54) is 12.1 Å². The third-order valence-electron chi connectivity index (χ3n) is 5.04. The Morgan fingerprint density at radius 1 is 1.24 bits per heavy atom. The lowest BCUT2D eigenvalue weighted by Crippen LogP contribution is -2.51. The molecule has 154 valence electrons. The normalized spacial score (nSPS) is 27.5. The number of benzene rings is 1. The Morgan fingerprint density at radius 2 is 1.97 bits per heavy atom. The molecule has 12 heteroatoms. The van der Waals surface area contributed by atoms with Crippen LogP contribution in [0.15, 0.2) is 41.8 Å². The van der Waals surface area contributed by atoms with Gasteiger partial charge < -0.3 is 25.8 Å². The van der Waals surface area contributed by atoms with E-state index in [0.29, 0.717) is 5.56 Å². The van der Waals surface area contributed by atoms with Crippen LogP contribution in [0.5, 0.6) is 0 Å². The minimum absolute atomic E-state index is 0.00364. The van der Waals surface area contributed by atoms with Gasteiger partial charge in [-0.25, -0.2) is 23.4 Å². The molecule has 1 aliphatic heterocycles. The molecule has 0 unspecified atom stereocenters. The Kier molecular flexibility index (Phi) is 4.55.